The third kappa shape index (κ3) is 4.20. The number of H-pyrrole nitrogens is 1. The molecule has 1 unspecified atom stereocenters. The van der Waals surface area contributed by atoms with Crippen LogP contribution in [0.4, 0.5) is 0 Å². The maximum absolute atomic E-state index is 11.0. The molecule has 2 heterocycles. The molecule has 3 rings (SSSR count). The lowest BCUT2D eigenvalue weighted by Gasteiger charge is -2.31. The summed E-state index contributed by atoms with van der Waals surface area (Å²) in [5.74, 6) is 0.143. The second kappa shape index (κ2) is 7.27. The van der Waals surface area contributed by atoms with Crippen molar-refractivity contribution in [3.05, 3.63) is 40.5 Å². The first-order chi connectivity index (χ1) is 11.1. The molecular formula is C17H20BrN3O2. The molecule has 23 heavy (non-hydrogen) atoms. The zero-order valence-corrected chi connectivity index (χ0v) is 14.7. The number of carbonyl (C=O) groups excluding carboxylic acids is 1. The van der Waals surface area contributed by atoms with E-state index in [1.165, 1.54) is 6.92 Å². The average molecular weight is 378 g/mol. The van der Waals surface area contributed by atoms with E-state index in [1.807, 2.05) is 12.1 Å². The van der Waals surface area contributed by atoms with Crippen molar-refractivity contribution in [1.82, 2.24) is 15.1 Å². The number of nitrogens with zero attached hydrogens (tertiary/aromatic N) is 2. The van der Waals surface area contributed by atoms with E-state index in [0.717, 1.165) is 47.4 Å². The summed E-state index contributed by atoms with van der Waals surface area (Å²) in [5, 5.41) is 7.63. The topological polar surface area (TPSA) is 58.2 Å². The highest BCUT2D eigenvalue weighted by molar-refractivity contribution is 9.10. The van der Waals surface area contributed by atoms with Crippen molar-refractivity contribution in [3.63, 3.8) is 0 Å². The Balaban J connectivity index is 1.67. The number of halogens is 1. The Bertz CT molecular complexity index is 669. The second-order valence-corrected chi connectivity index (χ2v) is 6.81. The minimum atomic E-state index is -0.232. The lowest BCUT2D eigenvalue weighted by molar-refractivity contribution is -0.146. The molecule has 1 fully saturated rings. The molecule has 1 saturated heterocycles. The van der Waals surface area contributed by atoms with E-state index < -0.39 is 0 Å². The van der Waals surface area contributed by atoms with Crippen LogP contribution in [0, 0.1) is 0 Å². The highest BCUT2D eigenvalue weighted by atomic mass is 79.9. The average Bonchev–Trinajstić information content (AvgIpc) is 3.04. The number of aromatic amines is 1. The quantitative estimate of drug-likeness (QED) is 0.827. The van der Waals surface area contributed by atoms with Crippen LogP contribution in [0.1, 0.15) is 31.4 Å². The van der Waals surface area contributed by atoms with Crippen molar-refractivity contribution in [2.75, 3.05) is 19.8 Å². The van der Waals surface area contributed by atoms with Crippen molar-refractivity contribution in [3.8, 4) is 11.3 Å². The molecule has 0 bridgehead atoms. The molecule has 0 saturated carbocycles. The van der Waals surface area contributed by atoms with Crippen LogP contribution in [-0.4, -0.2) is 40.9 Å². The van der Waals surface area contributed by atoms with Gasteiger partial charge in [0.25, 0.3) is 0 Å². The molecule has 0 spiro atoms. The zero-order chi connectivity index (χ0) is 16.2. The first-order valence-corrected chi connectivity index (χ1v) is 8.58. The summed E-state index contributed by atoms with van der Waals surface area (Å²) in [6, 6.07) is 10.3. The molecule has 1 aliphatic heterocycles. The summed E-state index contributed by atoms with van der Waals surface area (Å²) in [7, 11) is 0. The van der Waals surface area contributed by atoms with Crippen LogP contribution in [0.25, 0.3) is 11.3 Å². The number of nitrogens with one attached hydrogen (secondary N) is 1. The summed E-state index contributed by atoms with van der Waals surface area (Å²) < 4.78 is 6.17. The predicted molar refractivity (Wildman–Crippen MR) is 91.9 cm³/mol. The SMILES string of the molecule is CC(=O)OCN1CCCC(c2cc(-c3ccc(Br)cc3)[nH]n2)C1. The van der Waals surface area contributed by atoms with Gasteiger partial charge in [-0.15, -0.1) is 0 Å². The fourth-order valence-electron chi connectivity index (χ4n) is 2.92. The largest absolute Gasteiger partial charge is 0.450 e. The number of esters is 1. The van der Waals surface area contributed by atoms with Gasteiger partial charge < -0.3 is 4.74 Å². The van der Waals surface area contributed by atoms with Gasteiger partial charge in [0.15, 0.2) is 0 Å². The van der Waals surface area contributed by atoms with Crippen molar-refractivity contribution in [2.45, 2.75) is 25.7 Å². The number of carbonyl (C=O) groups is 1. The van der Waals surface area contributed by atoms with Crippen LogP contribution in [0.3, 0.4) is 0 Å². The molecule has 1 atom stereocenters. The van der Waals surface area contributed by atoms with Crippen LogP contribution in [0.2, 0.25) is 0 Å². The lowest BCUT2D eigenvalue weighted by Crippen LogP contribution is -2.36. The van der Waals surface area contributed by atoms with E-state index in [2.05, 4.69) is 49.2 Å². The van der Waals surface area contributed by atoms with Crippen LogP contribution in [0.5, 0.6) is 0 Å². The Morgan fingerprint density at radius 2 is 2.22 bits per heavy atom. The number of benzene rings is 1. The van der Waals surface area contributed by atoms with Gasteiger partial charge in [0.05, 0.1) is 11.4 Å². The van der Waals surface area contributed by atoms with E-state index in [1.54, 1.807) is 0 Å². The van der Waals surface area contributed by atoms with E-state index in [0.29, 0.717) is 12.6 Å². The van der Waals surface area contributed by atoms with Crippen LogP contribution in [0.15, 0.2) is 34.8 Å². The third-order valence-corrected chi connectivity index (χ3v) is 4.66. The van der Waals surface area contributed by atoms with Crippen LogP contribution < -0.4 is 0 Å². The van der Waals surface area contributed by atoms with Gasteiger partial charge in [0.2, 0.25) is 0 Å². The first kappa shape index (κ1) is 16.2. The number of ether oxygens (including phenoxy) is 1. The third-order valence-electron chi connectivity index (χ3n) is 4.13. The Morgan fingerprint density at radius 1 is 1.43 bits per heavy atom. The van der Waals surface area contributed by atoms with Crippen molar-refractivity contribution < 1.29 is 9.53 Å². The molecule has 0 radical (unpaired) electrons. The van der Waals surface area contributed by atoms with E-state index in [-0.39, 0.29) is 5.97 Å². The highest BCUT2D eigenvalue weighted by Gasteiger charge is 2.24. The molecular weight excluding hydrogens is 358 g/mol. The van der Waals surface area contributed by atoms with Crippen molar-refractivity contribution >= 4 is 21.9 Å². The summed E-state index contributed by atoms with van der Waals surface area (Å²) >= 11 is 3.45. The maximum Gasteiger partial charge on any atom is 0.303 e. The van der Waals surface area contributed by atoms with Gasteiger partial charge in [0.1, 0.15) is 6.73 Å². The van der Waals surface area contributed by atoms with Gasteiger partial charge in [-0.25, -0.2) is 0 Å². The van der Waals surface area contributed by atoms with Gasteiger partial charge in [-0.1, -0.05) is 28.1 Å². The molecule has 1 aromatic carbocycles. The number of hydrogen-bond acceptors (Lipinski definition) is 4. The number of rotatable bonds is 4. The first-order valence-electron chi connectivity index (χ1n) is 7.79. The Hall–Kier alpha value is -1.66. The molecule has 1 aromatic heterocycles. The number of aromatic nitrogens is 2. The molecule has 2 aromatic rings. The smallest absolute Gasteiger partial charge is 0.303 e. The van der Waals surface area contributed by atoms with E-state index in [4.69, 9.17) is 4.74 Å². The predicted octanol–water partition coefficient (Wildman–Crippen LogP) is 3.54. The highest BCUT2D eigenvalue weighted by Crippen LogP contribution is 2.28. The number of hydrogen-bond donors (Lipinski definition) is 1. The standard InChI is InChI=1S/C17H20BrN3O2/c1-12(22)23-11-21-8-2-3-14(10-21)17-9-16(19-20-17)13-4-6-15(18)7-5-13/h4-7,9,14H,2-3,8,10-11H2,1H3,(H,19,20). The molecule has 1 aliphatic rings. The maximum atomic E-state index is 11.0. The minimum absolute atomic E-state index is 0.232. The summed E-state index contributed by atoms with van der Waals surface area (Å²) in [6.07, 6.45) is 2.20. The van der Waals surface area contributed by atoms with E-state index in [9.17, 15) is 4.79 Å². The van der Waals surface area contributed by atoms with Gasteiger partial charge in [0, 0.05) is 30.4 Å². The van der Waals surface area contributed by atoms with Gasteiger partial charge in [-0.05, 0) is 36.6 Å². The number of piperidine rings is 1. The molecule has 1 N–H and O–H groups in total. The summed E-state index contributed by atoms with van der Waals surface area (Å²) in [6.45, 7) is 3.65. The summed E-state index contributed by atoms with van der Waals surface area (Å²) in [5.41, 5.74) is 3.24. The van der Waals surface area contributed by atoms with Gasteiger partial charge in [-0.3, -0.25) is 14.8 Å². The molecule has 0 aliphatic carbocycles. The van der Waals surface area contributed by atoms with Crippen LogP contribution >= 0.6 is 15.9 Å². The molecule has 122 valence electrons. The Kier molecular flexibility index (Phi) is 5.13. The lowest BCUT2D eigenvalue weighted by atomic mass is 9.94. The normalized spacial score (nSPS) is 18.8. The van der Waals surface area contributed by atoms with E-state index >= 15 is 0 Å². The zero-order valence-electron chi connectivity index (χ0n) is 13.1. The minimum Gasteiger partial charge on any atom is -0.450 e. The number of likely N-dealkylation sites (tertiary alicyclic amines) is 1. The monoisotopic (exact) mass is 377 g/mol. The van der Waals surface area contributed by atoms with Gasteiger partial charge >= 0.3 is 5.97 Å². The molecule has 0 amide bonds. The van der Waals surface area contributed by atoms with Crippen molar-refractivity contribution in [1.29, 1.82) is 0 Å². The fourth-order valence-corrected chi connectivity index (χ4v) is 3.18. The Labute approximate surface area is 144 Å². The fraction of sp³-hybridized carbons (Fsp3) is 0.412. The Morgan fingerprint density at radius 3 is 2.96 bits per heavy atom. The van der Waals surface area contributed by atoms with Gasteiger partial charge in [-0.2, -0.15) is 5.10 Å². The summed E-state index contributed by atoms with van der Waals surface area (Å²) in [4.78, 5) is 13.1. The van der Waals surface area contributed by atoms with Crippen molar-refractivity contribution in [2.24, 2.45) is 0 Å². The van der Waals surface area contributed by atoms with Crippen LogP contribution in [-0.2, 0) is 9.53 Å². The second-order valence-electron chi connectivity index (χ2n) is 5.89. The molecule has 5 nitrogen and oxygen atoms in total. The molecule has 6 heteroatoms.